The minimum atomic E-state index is -0.411. The fourth-order valence-electron chi connectivity index (χ4n) is 4.44. The van der Waals surface area contributed by atoms with Crippen molar-refractivity contribution in [3.8, 4) is 17.2 Å². The lowest BCUT2D eigenvalue weighted by molar-refractivity contribution is 0.0654. The van der Waals surface area contributed by atoms with E-state index in [4.69, 9.17) is 14.5 Å². The number of imide groups is 1. The SMILES string of the molecule is CC(C)Oc1cccc2c1C(=O)N(CCc1nc3ccccc3c(=O)n1-c1ccc(OCI)cc1)C2=O. The zero-order valence-corrected chi connectivity index (χ0v) is 22.5. The maximum absolute atomic E-state index is 13.5. The molecule has 37 heavy (non-hydrogen) atoms. The van der Waals surface area contributed by atoms with Crippen LogP contribution in [-0.4, -0.2) is 43.5 Å². The first-order valence-corrected chi connectivity index (χ1v) is 13.4. The van der Waals surface area contributed by atoms with Gasteiger partial charge in [0.15, 0.2) is 0 Å². The summed E-state index contributed by atoms with van der Waals surface area (Å²) in [5.74, 6) is 0.728. The minimum Gasteiger partial charge on any atom is -0.490 e. The Hall–Kier alpha value is -3.73. The van der Waals surface area contributed by atoms with Crippen LogP contribution in [0.1, 0.15) is 40.4 Å². The molecular weight excluding hydrogens is 585 g/mol. The van der Waals surface area contributed by atoms with Gasteiger partial charge in [0.25, 0.3) is 17.4 Å². The molecule has 0 spiro atoms. The Labute approximate surface area is 227 Å². The van der Waals surface area contributed by atoms with Gasteiger partial charge in [0.1, 0.15) is 21.9 Å². The van der Waals surface area contributed by atoms with Crippen molar-refractivity contribution in [1.82, 2.24) is 14.5 Å². The normalized spacial score (nSPS) is 12.9. The molecule has 1 aromatic heterocycles. The van der Waals surface area contributed by atoms with Crippen LogP contribution in [0.15, 0.2) is 71.5 Å². The van der Waals surface area contributed by atoms with Gasteiger partial charge in [-0.3, -0.25) is 23.9 Å². The molecule has 5 rings (SSSR count). The van der Waals surface area contributed by atoms with Gasteiger partial charge in [0, 0.05) is 13.0 Å². The first kappa shape index (κ1) is 24.9. The van der Waals surface area contributed by atoms with E-state index in [2.05, 4.69) is 22.6 Å². The van der Waals surface area contributed by atoms with Gasteiger partial charge in [-0.2, -0.15) is 0 Å². The molecule has 0 saturated heterocycles. The lowest BCUT2D eigenvalue weighted by Gasteiger charge is -2.17. The Morgan fingerprint density at radius 2 is 1.68 bits per heavy atom. The van der Waals surface area contributed by atoms with Gasteiger partial charge in [-0.05, 0) is 85.0 Å². The molecule has 2 amide bonds. The summed E-state index contributed by atoms with van der Waals surface area (Å²) in [6.07, 6.45) is 0.0473. The van der Waals surface area contributed by atoms with E-state index in [1.54, 1.807) is 60.7 Å². The van der Waals surface area contributed by atoms with Gasteiger partial charge in [0.2, 0.25) is 0 Å². The standard InChI is InChI=1S/C28H24IN3O5/c1-17(2)37-23-9-5-7-21-25(23)28(35)31(26(21)33)15-14-24-30-22-8-4-3-6-20(22)27(34)32(24)18-10-12-19(13-11-18)36-16-29/h3-13,17H,14-16H2,1-2H3. The van der Waals surface area contributed by atoms with Crippen LogP contribution in [0.25, 0.3) is 16.6 Å². The van der Waals surface area contributed by atoms with Gasteiger partial charge in [-0.1, -0.05) is 18.2 Å². The van der Waals surface area contributed by atoms with E-state index >= 15 is 0 Å². The van der Waals surface area contributed by atoms with Gasteiger partial charge in [-0.15, -0.1) is 0 Å². The van der Waals surface area contributed by atoms with Crippen molar-refractivity contribution in [3.63, 3.8) is 0 Å². The zero-order valence-electron chi connectivity index (χ0n) is 20.3. The highest BCUT2D eigenvalue weighted by molar-refractivity contribution is 14.1. The van der Waals surface area contributed by atoms with Crippen molar-refractivity contribution in [2.45, 2.75) is 26.4 Å². The van der Waals surface area contributed by atoms with E-state index in [-0.39, 0.29) is 36.1 Å². The van der Waals surface area contributed by atoms with Crippen molar-refractivity contribution in [3.05, 3.63) is 94.0 Å². The van der Waals surface area contributed by atoms with Crippen molar-refractivity contribution in [2.75, 3.05) is 11.2 Å². The number of nitrogens with zero attached hydrogens (tertiary/aromatic N) is 3. The van der Waals surface area contributed by atoms with Crippen LogP contribution in [0.4, 0.5) is 0 Å². The number of carbonyl (C=O) groups is 2. The van der Waals surface area contributed by atoms with Crippen molar-refractivity contribution >= 4 is 45.3 Å². The fraction of sp³-hybridized carbons (Fsp3) is 0.214. The lowest BCUT2D eigenvalue weighted by atomic mass is 10.1. The van der Waals surface area contributed by atoms with Gasteiger partial charge in [0.05, 0.1) is 33.8 Å². The molecule has 0 unspecified atom stereocenters. The Morgan fingerprint density at radius 3 is 2.41 bits per heavy atom. The zero-order chi connectivity index (χ0) is 26.1. The second-order valence-corrected chi connectivity index (χ2v) is 9.41. The van der Waals surface area contributed by atoms with Gasteiger partial charge >= 0.3 is 0 Å². The summed E-state index contributed by atoms with van der Waals surface area (Å²) < 4.78 is 13.3. The quantitative estimate of drug-likeness (QED) is 0.162. The third-order valence-electron chi connectivity index (χ3n) is 6.04. The number of para-hydroxylation sites is 1. The number of fused-ring (bicyclic) bond motifs is 2. The summed E-state index contributed by atoms with van der Waals surface area (Å²) in [5.41, 5.74) is 1.54. The van der Waals surface area contributed by atoms with E-state index in [1.807, 2.05) is 19.9 Å². The van der Waals surface area contributed by atoms with Crippen LogP contribution in [0, 0.1) is 0 Å². The average molecular weight is 609 g/mol. The summed E-state index contributed by atoms with van der Waals surface area (Å²) in [5, 5.41) is 0.482. The number of alkyl halides is 1. The number of ether oxygens (including phenoxy) is 2. The molecule has 0 atom stereocenters. The van der Waals surface area contributed by atoms with Crippen LogP contribution >= 0.6 is 22.6 Å². The molecule has 3 aromatic carbocycles. The predicted molar refractivity (Wildman–Crippen MR) is 148 cm³/mol. The topological polar surface area (TPSA) is 90.7 Å². The fourth-order valence-corrected chi connectivity index (χ4v) is 4.80. The van der Waals surface area contributed by atoms with Crippen LogP contribution in [0.5, 0.6) is 11.5 Å². The van der Waals surface area contributed by atoms with E-state index in [9.17, 15) is 14.4 Å². The van der Waals surface area contributed by atoms with E-state index in [0.29, 0.717) is 44.1 Å². The molecule has 2 heterocycles. The summed E-state index contributed by atoms with van der Waals surface area (Å²) in [7, 11) is 0. The molecule has 0 radical (unpaired) electrons. The van der Waals surface area contributed by atoms with Gasteiger partial charge in [-0.25, -0.2) is 4.98 Å². The number of halogens is 1. The number of benzene rings is 3. The largest absolute Gasteiger partial charge is 0.490 e. The highest BCUT2D eigenvalue weighted by Gasteiger charge is 2.38. The molecule has 0 saturated carbocycles. The second-order valence-electron chi connectivity index (χ2n) is 8.79. The van der Waals surface area contributed by atoms with Crippen LogP contribution in [0.3, 0.4) is 0 Å². The van der Waals surface area contributed by atoms with Crippen LogP contribution < -0.4 is 15.0 Å². The Balaban J connectivity index is 1.51. The second kappa shape index (κ2) is 10.3. The number of hydrogen-bond donors (Lipinski definition) is 0. The molecule has 0 aliphatic carbocycles. The third-order valence-corrected chi connectivity index (χ3v) is 6.36. The first-order chi connectivity index (χ1) is 17.9. The van der Waals surface area contributed by atoms with Crippen LogP contribution in [-0.2, 0) is 6.42 Å². The van der Waals surface area contributed by atoms with E-state index in [1.165, 1.54) is 9.47 Å². The van der Waals surface area contributed by atoms with Crippen LogP contribution in [0.2, 0.25) is 0 Å². The van der Waals surface area contributed by atoms with E-state index < -0.39 is 5.91 Å². The van der Waals surface area contributed by atoms with Gasteiger partial charge < -0.3 is 9.47 Å². The number of aromatic nitrogens is 2. The smallest absolute Gasteiger partial charge is 0.265 e. The van der Waals surface area contributed by atoms with Crippen molar-refractivity contribution < 1.29 is 19.1 Å². The summed E-state index contributed by atoms with van der Waals surface area (Å²) in [4.78, 5) is 45.9. The molecule has 0 bridgehead atoms. The monoisotopic (exact) mass is 609 g/mol. The Morgan fingerprint density at radius 1 is 0.919 bits per heavy atom. The summed E-state index contributed by atoms with van der Waals surface area (Å²) >= 11 is 2.12. The number of rotatable bonds is 8. The molecule has 0 N–H and O–H groups in total. The summed E-state index contributed by atoms with van der Waals surface area (Å²) in [6, 6.07) is 19.3. The molecule has 9 heteroatoms. The third kappa shape index (κ3) is 4.71. The molecule has 188 valence electrons. The minimum absolute atomic E-state index is 0.0638. The molecular formula is C28H24IN3O5. The number of carbonyl (C=O) groups excluding carboxylic acids is 2. The highest BCUT2D eigenvalue weighted by atomic mass is 127. The highest BCUT2D eigenvalue weighted by Crippen LogP contribution is 2.32. The molecule has 8 nitrogen and oxygen atoms in total. The Bertz CT molecular complexity index is 1560. The molecule has 4 aromatic rings. The Kier molecular flexibility index (Phi) is 6.96. The summed E-state index contributed by atoms with van der Waals surface area (Å²) in [6.45, 7) is 3.79. The first-order valence-electron chi connectivity index (χ1n) is 11.8. The molecule has 1 aliphatic heterocycles. The number of hydrogen-bond acceptors (Lipinski definition) is 6. The average Bonchev–Trinajstić information content (AvgIpc) is 3.13. The molecule has 1 aliphatic rings. The lowest BCUT2D eigenvalue weighted by Crippen LogP contribution is -2.33. The van der Waals surface area contributed by atoms with E-state index in [0.717, 1.165) is 0 Å². The maximum Gasteiger partial charge on any atom is 0.265 e. The molecule has 0 fully saturated rings. The maximum atomic E-state index is 13.5. The van der Waals surface area contributed by atoms with Crippen molar-refractivity contribution in [1.29, 1.82) is 0 Å². The number of amides is 2. The van der Waals surface area contributed by atoms with Crippen molar-refractivity contribution in [2.24, 2.45) is 0 Å². The predicted octanol–water partition coefficient (Wildman–Crippen LogP) is 4.78.